The molecule has 1 saturated heterocycles. The lowest BCUT2D eigenvalue weighted by Crippen LogP contribution is -2.29. The Morgan fingerprint density at radius 2 is 2.06 bits per heavy atom. The molecule has 92 valence electrons. The standard InChI is InChI=1S/C14H19NOS/c1-11(2)8-9-15-13(16)10-17-14(15)12-6-4-3-5-7-12/h3-7,11,14H,8-10H2,1-2H3. The van der Waals surface area contributed by atoms with Gasteiger partial charge in [-0.25, -0.2) is 0 Å². The highest BCUT2D eigenvalue weighted by Gasteiger charge is 2.32. The molecule has 17 heavy (non-hydrogen) atoms. The predicted molar refractivity (Wildman–Crippen MR) is 72.8 cm³/mol. The minimum atomic E-state index is 0.224. The van der Waals surface area contributed by atoms with Crippen LogP contribution in [0.5, 0.6) is 0 Å². The van der Waals surface area contributed by atoms with Gasteiger partial charge in [0.2, 0.25) is 5.91 Å². The molecule has 1 fully saturated rings. The number of amides is 1. The number of thioether (sulfide) groups is 1. The Balaban J connectivity index is 2.08. The number of hydrogen-bond donors (Lipinski definition) is 0. The van der Waals surface area contributed by atoms with Crippen molar-refractivity contribution in [1.29, 1.82) is 0 Å². The van der Waals surface area contributed by atoms with Gasteiger partial charge in [-0.2, -0.15) is 0 Å². The third kappa shape index (κ3) is 3.03. The van der Waals surface area contributed by atoms with Crippen molar-refractivity contribution in [3.63, 3.8) is 0 Å². The Morgan fingerprint density at radius 3 is 2.71 bits per heavy atom. The Kier molecular flexibility index (Phi) is 4.11. The Labute approximate surface area is 107 Å². The van der Waals surface area contributed by atoms with Crippen molar-refractivity contribution in [2.45, 2.75) is 25.6 Å². The van der Waals surface area contributed by atoms with E-state index in [9.17, 15) is 4.79 Å². The van der Waals surface area contributed by atoms with Gasteiger partial charge in [-0.05, 0) is 17.9 Å². The second kappa shape index (κ2) is 5.58. The fourth-order valence-electron chi connectivity index (χ4n) is 1.99. The smallest absolute Gasteiger partial charge is 0.233 e. The van der Waals surface area contributed by atoms with Crippen LogP contribution in [0.1, 0.15) is 31.2 Å². The van der Waals surface area contributed by atoms with Gasteiger partial charge in [-0.1, -0.05) is 44.2 Å². The Hall–Kier alpha value is -0.960. The average Bonchev–Trinajstić information content (AvgIpc) is 2.69. The van der Waals surface area contributed by atoms with Gasteiger partial charge in [0.25, 0.3) is 0 Å². The molecule has 0 saturated carbocycles. The average molecular weight is 249 g/mol. The summed E-state index contributed by atoms with van der Waals surface area (Å²) in [6.45, 7) is 5.28. The van der Waals surface area contributed by atoms with E-state index >= 15 is 0 Å². The zero-order valence-corrected chi connectivity index (χ0v) is 11.2. The molecule has 1 amide bonds. The van der Waals surface area contributed by atoms with Crippen LogP contribution in [0.25, 0.3) is 0 Å². The van der Waals surface area contributed by atoms with Crippen LogP contribution in [0.2, 0.25) is 0 Å². The van der Waals surface area contributed by atoms with E-state index in [1.807, 2.05) is 23.1 Å². The lowest BCUT2D eigenvalue weighted by atomic mass is 10.1. The molecule has 1 aromatic rings. The fraction of sp³-hybridized carbons (Fsp3) is 0.500. The maximum absolute atomic E-state index is 11.9. The summed E-state index contributed by atoms with van der Waals surface area (Å²) in [6.07, 6.45) is 1.08. The zero-order chi connectivity index (χ0) is 12.3. The lowest BCUT2D eigenvalue weighted by molar-refractivity contribution is -0.128. The Bertz CT molecular complexity index is 377. The molecule has 0 spiro atoms. The molecule has 2 rings (SSSR count). The number of nitrogens with zero attached hydrogens (tertiary/aromatic N) is 1. The van der Waals surface area contributed by atoms with Crippen LogP contribution in [0, 0.1) is 5.92 Å². The third-order valence-corrected chi connectivity index (χ3v) is 4.26. The number of carbonyl (C=O) groups excluding carboxylic acids is 1. The van der Waals surface area contributed by atoms with Crippen molar-refractivity contribution in [3.05, 3.63) is 35.9 Å². The summed E-state index contributed by atoms with van der Waals surface area (Å²) in [7, 11) is 0. The summed E-state index contributed by atoms with van der Waals surface area (Å²) in [5, 5.41) is 0.224. The fourth-order valence-corrected chi connectivity index (χ4v) is 3.21. The van der Waals surface area contributed by atoms with Gasteiger partial charge in [0.15, 0.2) is 0 Å². The number of benzene rings is 1. The van der Waals surface area contributed by atoms with Crippen LogP contribution in [-0.4, -0.2) is 23.1 Å². The summed E-state index contributed by atoms with van der Waals surface area (Å²) in [5.41, 5.74) is 1.24. The van der Waals surface area contributed by atoms with Gasteiger partial charge in [0.1, 0.15) is 5.37 Å². The van der Waals surface area contributed by atoms with E-state index in [2.05, 4.69) is 26.0 Å². The minimum absolute atomic E-state index is 0.224. The maximum Gasteiger partial charge on any atom is 0.233 e. The highest BCUT2D eigenvalue weighted by Crippen LogP contribution is 2.38. The normalized spacial score (nSPS) is 20.3. The molecule has 1 unspecified atom stereocenters. The molecule has 1 heterocycles. The zero-order valence-electron chi connectivity index (χ0n) is 10.4. The van der Waals surface area contributed by atoms with Gasteiger partial charge in [0, 0.05) is 6.54 Å². The molecule has 3 heteroatoms. The highest BCUT2D eigenvalue weighted by molar-refractivity contribution is 8.00. The lowest BCUT2D eigenvalue weighted by Gasteiger charge is -2.25. The van der Waals surface area contributed by atoms with Gasteiger partial charge in [-0.3, -0.25) is 4.79 Å². The van der Waals surface area contributed by atoms with Crippen molar-refractivity contribution in [1.82, 2.24) is 4.90 Å². The van der Waals surface area contributed by atoms with Crippen molar-refractivity contribution >= 4 is 17.7 Å². The number of carbonyl (C=O) groups is 1. The molecule has 1 aromatic carbocycles. The van der Waals surface area contributed by atoms with E-state index in [1.54, 1.807) is 11.8 Å². The summed E-state index contributed by atoms with van der Waals surface area (Å²) < 4.78 is 0. The SMILES string of the molecule is CC(C)CCN1C(=O)CSC1c1ccccc1. The molecule has 0 bridgehead atoms. The molecule has 0 radical (unpaired) electrons. The van der Waals surface area contributed by atoms with Crippen LogP contribution in [0.3, 0.4) is 0 Å². The van der Waals surface area contributed by atoms with Gasteiger partial charge >= 0.3 is 0 Å². The monoisotopic (exact) mass is 249 g/mol. The van der Waals surface area contributed by atoms with Gasteiger partial charge in [-0.15, -0.1) is 11.8 Å². The molecule has 2 nitrogen and oxygen atoms in total. The van der Waals surface area contributed by atoms with Crippen molar-refractivity contribution in [3.8, 4) is 0 Å². The van der Waals surface area contributed by atoms with Crippen LogP contribution in [-0.2, 0) is 4.79 Å². The van der Waals surface area contributed by atoms with Crippen molar-refractivity contribution in [2.75, 3.05) is 12.3 Å². The first-order chi connectivity index (χ1) is 8.18. The molecule has 1 atom stereocenters. The van der Waals surface area contributed by atoms with Crippen molar-refractivity contribution in [2.24, 2.45) is 5.92 Å². The van der Waals surface area contributed by atoms with Crippen molar-refractivity contribution < 1.29 is 4.79 Å². The second-order valence-electron chi connectivity index (χ2n) is 4.84. The van der Waals surface area contributed by atoms with E-state index in [0.29, 0.717) is 11.7 Å². The molecular formula is C14H19NOS. The first-order valence-electron chi connectivity index (χ1n) is 6.14. The maximum atomic E-state index is 11.9. The Morgan fingerprint density at radius 1 is 1.35 bits per heavy atom. The van der Waals surface area contributed by atoms with E-state index in [-0.39, 0.29) is 11.3 Å². The minimum Gasteiger partial charge on any atom is -0.326 e. The van der Waals surface area contributed by atoms with Crippen LogP contribution in [0.4, 0.5) is 0 Å². The predicted octanol–water partition coefficient (Wildman–Crippen LogP) is 3.31. The molecule has 0 aliphatic carbocycles. The quantitative estimate of drug-likeness (QED) is 0.816. The van der Waals surface area contributed by atoms with Crippen LogP contribution in [0.15, 0.2) is 30.3 Å². The number of rotatable bonds is 4. The summed E-state index contributed by atoms with van der Waals surface area (Å²) in [4.78, 5) is 13.9. The number of hydrogen-bond acceptors (Lipinski definition) is 2. The van der Waals surface area contributed by atoms with E-state index in [1.165, 1.54) is 5.56 Å². The van der Waals surface area contributed by atoms with E-state index in [4.69, 9.17) is 0 Å². The molecular weight excluding hydrogens is 230 g/mol. The van der Waals surface area contributed by atoms with Gasteiger partial charge in [0.05, 0.1) is 5.75 Å². The topological polar surface area (TPSA) is 20.3 Å². The van der Waals surface area contributed by atoms with E-state index < -0.39 is 0 Å². The first kappa shape index (κ1) is 12.5. The molecule has 0 N–H and O–H groups in total. The first-order valence-corrected chi connectivity index (χ1v) is 7.19. The van der Waals surface area contributed by atoms with Gasteiger partial charge < -0.3 is 4.90 Å². The summed E-state index contributed by atoms with van der Waals surface area (Å²) >= 11 is 1.74. The summed E-state index contributed by atoms with van der Waals surface area (Å²) in [5.74, 6) is 1.55. The summed E-state index contributed by atoms with van der Waals surface area (Å²) in [6, 6.07) is 10.3. The molecule has 1 aliphatic heterocycles. The third-order valence-electron chi connectivity index (χ3n) is 3.00. The molecule has 1 aliphatic rings. The molecule has 0 aromatic heterocycles. The van der Waals surface area contributed by atoms with E-state index in [0.717, 1.165) is 13.0 Å². The largest absolute Gasteiger partial charge is 0.326 e. The van der Waals surface area contributed by atoms with Crippen LogP contribution >= 0.6 is 11.8 Å². The second-order valence-corrected chi connectivity index (χ2v) is 5.91. The highest BCUT2D eigenvalue weighted by atomic mass is 32.2. The van der Waals surface area contributed by atoms with Crippen LogP contribution < -0.4 is 0 Å².